The minimum atomic E-state index is 0.165. The molecule has 0 fully saturated rings. The van der Waals surface area contributed by atoms with Crippen LogP contribution < -0.4 is 0 Å². The van der Waals surface area contributed by atoms with Crippen molar-refractivity contribution in [3.05, 3.63) is 58.1 Å². The van der Waals surface area contributed by atoms with Crippen molar-refractivity contribution < 1.29 is 0 Å². The molecule has 0 heterocycles. The molecule has 0 aliphatic heterocycles. The average molecular weight is 470 g/mol. The van der Waals surface area contributed by atoms with Crippen LogP contribution in [0.1, 0.15) is 103 Å². The van der Waals surface area contributed by atoms with Gasteiger partial charge >= 0.3 is 0 Å². The normalized spacial score (nSPS) is 19.4. The molecule has 2 aromatic rings. The lowest BCUT2D eigenvalue weighted by Crippen LogP contribution is -2.31. The lowest BCUT2D eigenvalue weighted by Gasteiger charge is -2.38. The Morgan fingerprint density at radius 1 is 0.733 bits per heavy atom. The van der Waals surface area contributed by atoms with E-state index in [2.05, 4.69) is 86.1 Å². The van der Waals surface area contributed by atoms with Gasteiger partial charge in [-0.25, -0.2) is 0 Å². The van der Waals surface area contributed by atoms with E-state index in [1.54, 1.807) is 11.1 Å². The van der Waals surface area contributed by atoms with Crippen LogP contribution in [0.3, 0.4) is 0 Å². The van der Waals surface area contributed by atoms with E-state index in [9.17, 15) is 0 Å². The van der Waals surface area contributed by atoms with Gasteiger partial charge in [-0.1, -0.05) is 125 Å². The van der Waals surface area contributed by atoms with E-state index in [-0.39, 0.29) is 5.41 Å². The van der Waals surface area contributed by atoms with E-state index in [1.165, 1.54) is 79.8 Å². The van der Waals surface area contributed by atoms with Gasteiger partial charge in [-0.3, -0.25) is 0 Å². The molecule has 1 aliphatic rings. The smallest absolute Gasteiger partial charge is 0.0220 e. The van der Waals surface area contributed by atoms with Gasteiger partial charge in [-0.15, -0.1) is 0 Å². The quantitative estimate of drug-likeness (QED) is 0.290. The maximum Gasteiger partial charge on any atom is 0.0220 e. The molecule has 0 spiro atoms. The SMILES string of the molecule is CCCCC(CC)CC1(CC(CC)CCCC)c2ccccc2-c2ccc(Br)cc21. The monoisotopic (exact) mass is 468 g/mol. The van der Waals surface area contributed by atoms with Crippen LogP contribution in [0, 0.1) is 11.8 Å². The third-order valence-corrected chi connectivity index (χ3v) is 8.08. The molecule has 0 bridgehead atoms. The molecule has 2 unspecified atom stereocenters. The first-order chi connectivity index (χ1) is 14.6. The van der Waals surface area contributed by atoms with Gasteiger partial charge in [-0.2, -0.15) is 0 Å². The summed E-state index contributed by atoms with van der Waals surface area (Å²) in [6, 6.07) is 16.4. The maximum atomic E-state index is 3.81. The second kappa shape index (κ2) is 11.0. The van der Waals surface area contributed by atoms with E-state index in [0.717, 1.165) is 11.8 Å². The van der Waals surface area contributed by atoms with Crippen LogP contribution in [-0.4, -0.2) is 0 Å². The summed E-state index contributed by atoms with van der Waals surface area (Å²) in [6.45, 7) is 9.48. The van der Waals surface area contributed by atoms with Crippen molar-refractivity contribution in [1.29, 1.82) is 0 Å². The Labute approximate surface area is 194 Å². The average Bonchev–Trinajstić information content (AvgIpc) is 3.03. The van der Waals surface area contributed by atoms with Crippen molar-refractivity contribution in [2.45, 2.75) is 97.3 Å². The molecule has 0 nitrogen and oxygen atoms in total. The first kappa shape index (κ1) is 23.6. The molecule has 0 saturated carbocycles. The molecule has 164 valence electrons. The topological polar surface area (TPSA) is 0 Å². The Balaban J connectivity index is 2.12. The Bertz CT molecular complexity index is 788. The molecule has 2 aromatic carbocycles. The first-order valence-electron chi connectivity index (χ1n) is 12.5. The van der Waals surface area contributed by atoms with E-state index >= 15 is 0 Å². The summed E-state index contributed by atoms with van der Waals surface area (Å²) in [7, 11) is 0. The van der Waals surface area contributed by atoms with E-state index in [4.69, 9.17) is 0 Å². The van der Waals surface area contributed by atoms with E-state index in [0.29, 0.717) is 0 Å². The van der Waals surface area contributed by atoms with Gasteiger partial charge in [0.05, 0.1) is 0 Å². The zero-order chi connectivity index (χ0) is 21.6. The van der Waals surface area contributed by atoms with Gasteiger partial charge in [0.2, 0.25) is 0 Å². The molecule has 2 atom stereocenters. The van der Waals surface area contributed by atoms with Crippen molar-refractivity contribution in [3.8, 4) is 11.1 Å². The number of hydrogen-bond acceptors (Lipinski definition) is 0. The highest BCUT2D eigenvalue weighted by atomic mass is 79.9. The van der Waals surface area contributed by atoms with Gasteiger partial charge < -0.3 is 0 Å². The molecule has 0 aromatic heterocycles. The van der Waals surface area contributed by atoms with Crippen LogP contribution in [0.15, 0.2) is 46.9 Å². The predicted molar refractivity (Wildman–Crippen MR) is 136 cm³/mol. The second-order valence-electron chi connectivity index (χ2n) is 9.56. The highest BCUT2D eigenvalue weighted by Gasteiger charge is 2.45. The third kappa shape index (κ3) is 4.87. The fourth-order valence-electron chi connectivity index (χ4n) is 5.82. The highest BCUT2D eigenvalue weighted by molar-refractivity contribution is 9.10. The fraction of sp³-hybridized carbons (Fsp3) is 0.586. The standard InChI is InChI=1S/C29H41Br/c1-5-9-13-22(7-3)20-29(21-23(8-4)14-10-6-2)27-16-12-11-15-25(27)26-18-17-24(30)19-28(26)29/h11-12,15-19,22-23H,5-10,13-14,20-21H2,1-4H3. The Morgan fingerprint density at radius 3 is 1.87 bits per heavy atom. The molecule has 0 radical (unpaired) electrons. The summed E-state index contributed by atoms with van der Waals surface area (Å²) < 4.78 is 1.22. The Morgan fingerprint density at radius 2 is 1.30 bits per heavy atom. The van der Waals surface area contributed by atoms with E-state index in [1.807, 2.05) is 0 Å². The second-order valence-corrected chi connectivity index (χ2v) is 10.5. The summed E-state index contributed by atoms with van der Waals surface area (Å²) in [5, 5.41) is 0. The van der Waals surface area contributed by atoms with Gasteiger partial charge in [0.25, 0.3) is 0 Å². The molecule has 0 N–H and O–H groups in total. The molecule has 30 heavy (non-hydrogen) atoms. The number of fused-ring (bicyclic) bond motifs is 3. The Hall–Kier alpha value is -1.08. The summed E-state index contributed by atoms with van der Waals surface area (Å²) in [4.78, 5) is 0. The van der Waals surface area contributed by atoms with Crippen molar-refractivity contribution in [2.24, 2.45) is 11.8 Å². The number of rotatable bonds is 12. The molecular weight excluding hydrogens is 428 g/mol. The number of unbranched alkanes of at least 4 members (excludes halogenated alkanes) is 2. The molecular formula is C29H41Br. The van der Waals surface area contributed by atoms with Crippen molar-refractivity contribution in [2.75, 3.05) is 0 Å². The highest BCUT2D eigenvalue weighted by Crippen LogP contribution is 2.56. The molecule has 0 amide bonds. The van der Waals surface area contributed by atoms with Crippen LogP contribution >= 0.6 is 15.9 Å². The number of halogens is 1. The van der Waals surface area contributed by atoms with Crippen molar-refractivity contribution >= 4 is 15.9 Å². The van der Waals surface area contributed by atoms with Crippen LogP contribution in [0.5, 0.6) is 0 Å². The minimum absolute atomic E-state index is 0.165. The lowest BCUT2D eigenvalue weighted by atomic mass is 9.65. The number of benzene rings is 2. The summed E-state index contributed by atoms with van der Waals surface area (Å²) >= 11 is 3.81. The summed E-state index contributed by atoms with van der Waals surface area (Å²) in [5.41, 5.74) is 6.31. The lowest BCUT2D eigenvalue weighted by molar-refractivity contribution is 0.266. The minimum Gasteiger partial charge on any atom is -0.0654 e. The van der Waals surface area contributed by atoms with Crippen LogP contribution in [0.4, 0.5) is 0 Å². The summed E-state index contributed by atoms with van der Waals surface area (Å²) in [5.74, 6) is 1.60. The largest absolute Gasteiger partial charge is 0.0654 e. The number of hydrogen-bond donors (Lipinski definition) is 0. The summed E-state index contributed by atoms with van der Waals surface area (Å²) in [6.07, 6.45) is 13.2. The van der Waals surface area contributed by atoms with Gasteiger partial charge in [0.15, 0.2) is 0 Å². The molecule has 3 rings (SSSR count). The molecule has 1 aliphatic carbocycles. The van der Waals surface area contributed by atoms with Crippen molar-refractivity contribution in [1.82, 2.24) is 0 Å². The first-order valence-corrected chi connectivity index (χ1v) is 13.3. The maximum absolute atomic E-state index is 3.81. The molecule has 0 saturated heterocycles. The van der Waals surface area contributed by atoms with Gasteiger partial charge in [0, 0.05) is 9.89 Å². The zero-order valence-corrected chi connectivity index (χ0v) is 21.2. The van der Waals surface area contributed by atoms with Crippen molar-refractivity contribution in [3.63, 3.8) is 0 Å². The van der Waals surface area contributed by atoms with Crippen LogP contribution in [-0.2, 0) is 5.41 Å². The zero-order valence-electron chi connectivity index (χ0n) is 19.6. The molecule has 1 heteroatoms. The van der Waals surface area contributed by atoms with E-state index < -0.39 is 0 Å². The van der Waals surface area contributed by atoms with Gasteiger partial charge in [-0.05, 0) is 59.1 Å². The van der Waals surface area contributed by atoms with Gasteiger partial charge in [0.1, 0.15) is 0 Å². The Kier molecular flexibility index (Phi) is 8.63. The van der Waals surface area contributed by atoms with Crippen LogP contribution in [0.25, 0.3) is 11.1 Å². The fourth-order valence-corrected chi connectivity index (χ4v) is 6.18. The predicted octanol–water partition coefficient (Wildman–Crippen LogP) is 9.93. The van der Waals surface area contributed by atoms with Crippen LogP contribution in [0.2, 0.25) is 0 Å². The third-order valence-electron chi connectivity index (χ3n) is 7.59.